The van der Waals surface area contributed by atoms with Crippen molar-refractivity contribution in [2.75, 3.05) is 11.9 Å². The van der Waals surface area contributed by atoms with Gasteiger partial charge in [0.1, 0.15) is 0 Å². The van der Waals surface area contributed by atoms with Gasteiger partial charge in [-0.2, -0.15) is 0 Å². The highest BCUT2D eigenvalue weighted by molar-refractivity contribution is 6.31. The highest BCUT2D eigenvalue weighted by Crippen LogP contribution is 2.16. The predicted octanol–water partition coefficient (Wildman–Crippen LogP) is 2.83. The molecule has 2 aromatic carbocycles. The third-order valence-electron chi connectivity index (χ3n) is 2.81. The third kappa shape index (κ3) is 4.64. The van der Waals surface area contributed by atoms with E-state index in [-0.39, 0.29) is 12.3 Å². The van der Waals surface area contributed by atoms with Gasteiger partial charge in [0.2, 0.25) is 5.91 Å². The zero-order valence-corrected chi connectivity index (χ0v) is 12.2. The summed E-state index contributed by atoms with van der Waals surface area (Å²) in [4.78, 5) is 12.0. The highest BCUT2D eigenvalue weighted by Gasteiger charge is 2.06. The maximum absolute atomic E-state index is 12.0. The fourth-order valence-corrected chi connectivity index (χ4v) is 2.01. The lowest BCUT2D eigenvalue weighted by Crippen LogP contribution is -2.14. The molecular weight excluding hydrogens is 284 g/mol. The Morgan fingerprint density at radius 1 is 1.14 bits per heavy atom. The summed E-state index contributed by atoms with van der Waals surface area (Å²) in [6, 6.07) is 14.6. The van der Waals surface area contributed by atoms with Gasteiger partial charge in [0.05, 0.1) is 13.0 Å². The summed E-state index contributed by atoms with van der Waals surface area (Å²) in [5.41, 5.74) is 7.72. The lowest BCUT2D eigenvalue weighted by Gasteiger charge is -2.06. The number of rotatable bonds is 3. The molecule has 2 rings (SSSR count). The van der Waals surface area contributed by atoms with Crippen LogP contribution in [0, 0.1) is 11.8 Å². The van der Waals surface area contributed by atoms with Crippen molar-refractivity contribution in [3.8, 4) is 11.8 Å². The molecule has 2 aromatic rings. The fraction of sp³-hybridized carbons (Fsp3) is 0.118. The number of halogens is 1. The first kappa shape index (κ1) is 15.1. The van der Waals surface area contributed by atoms with Crippen molar-refractivity contribution in [1.82, 2.24) is 0 Å². The molecule has 0 saturated heterocycles. The Hall–Kier alpha value is -2.28. The first-order chi connectivity index (χ1) is 10.2. The van der Waals surface area contributed by atoms with Crippen LogP contribution in [0.4, 0.5) is 5.69 Å². The normalized spacial score (nSPS) is 9.62. The maximum Gasteiger partial charge on any atom is 0.228 e. The van der Waals surface area contributed by atoms with Gasteiger partial charge >= 0.3 is 0 Å². The molecule has 3 nitrogen and oxygen atoms in total. The standard InChI is InChI=1S/C17H15ClN2O/c18-16-6-2-1-5-14(16)12-17(21)20-15-9-7-13(8-10-15)4-3-11-19/h1-2,5-10H,11-12,19H2,(H,20,21). The summed E-state index contributed by atoms with van der Waals surface area (Å²) >= 11 is 6.04. The average molecular weight is 299 g/mol. The number of carbonyl (C=O) groups is 1. The van der Waals surface area contributed by atoms with Crippen LogP contribution in [-0.4, -0.2) is 12.5 Å². The molecule has 3 N–H and O–H groups in total. The molecular formula is C17H15ClN2O. The molecule has 21 heavy (non-hydrogen) atoms. The van der Waals surface area contributed by atoms with Crippen molar-refractivity contribution in [1.29, 1.82) is 0 Å². The van der Waals surface area contributed by atoms with Gasteiger partial charge < -0.3 is 11.1 Å². The van der Waals surface area contributed by atoms with Crippen LogP contribution in [0.1, 0.15) is 11.1 Å². The predicted molar refractivity (Wildman–Crippen MR) is 86.2 cm³/mol. The van der Waals surface area contributed by atoms with Crippen molar-refractivity contribution in [2.45, 2.75) is 6.42 Å². The first-order valence-corrected chi connectivity index (χ1v) is 6.89. The van der Waals surface area contributed by atoms with E-state index in [9.17, 15) is 4.79 Å². The molecule has 0 aliphatic rings. The second-order valence-corrected chi connectivity index (χ2v) is 4.81. The fourth-order valence-electron chi connectivity index (χ4n) is 1.81. The van der Waals surface area contributed by atoms with E-state index in [2.05, 4.69) is 17.2 Å². The number of amides is 1. The highest BCUT2D eigenvalue weighted by atomic mass is 35.5. The second-order valence-electron chi connectivity index (χ2n) is 4.40. The third-order valence-corrected chi connectivity index (χ3v) is 3.18. The van der Waals surface area contributed by atoms with Crippen LogP contribution in [0.5, 0.6) is 0 Å². The van der Waals surface area contributed by atoms with Gasteiger partial charge in [-0.15, -0.1) is 0 Å². The molecule has 0 spiro atoms. The van der Waals surface area contributed by atoms with Gasteiger partial charge in [-0.3, -0.25) is 4.79 Å². The molecule has 4 heteroatoms. The molecule has 0 aliphatic heterocycles. The van der Waals surface area contributed by atoms with Gasteiger partial charge in [-0.05, 0) is 35.9 Å². The van der Waals surface area contributed by atoms with Gasteiger partial charge in [0.25, 0.3) is 0 Å². The average Bonchev–Trinajstić information content (AvgIpc) is 2.49. The molecule has 0 bridgehead atoms. The lowest BCUT2D eigenvalue weighted by atomic mass is 10.1. The lowest BCUT2D eigenvalue weighted by molar-refractivity contribution is -0.115. The van der Waals surface area contributed by atoms with E-state index in [0.717, 1.165) is 16.8 Å². The minimum Gasteiger partial charge on any atom is -0.326 e. The van der Waals surface area contributed by atoms with E-state index in [1.54, 1.807) is 6.07 Å². The molecule has 0 atom stereocenters. The zero-order valence-electron chi connectivity index (χ0n) is 11.4. The quantitative estimate of drug-likeness (QED) is 0.856. The summed E-state index contributed by atoms with van der Waals surface area (Å²) in [6.45, 7) is 0.330. The van der Waals surface area contributed by atoms with Crippen LogP contribution in [0.3, 0.4) is 0 Å². The van der Waals surface area contributed by atoms with E-state index < -0.39 is 0 Å². The molecule has 0 saturated carbocycles. The number of hydrogen-bond acceptors (Lipinski definition) is 2. The summed E-state index contributed by atoms with van der Waals surface area (Å²) in [5, 5.41) is 3.43. The SMILES string of the molecule is NCC#Cc1ccc(NC(=O)Cc2ccccc2Cl)cc1. The van der Waals surface area contributed by atoms with Crippen LogP contribution in [-0.2, 0) is 11.2 Å². The number of anilines is 1. The Morgan fingerprint density at radius 3 is 2.52 bits per heavy atom. The van der Waals surface area contributed by atoms with Crippen LogP contribution in [0.15, 0.2) is 48.5 Å². The molecule has 0 radical (unpaired) electrons. The Kier molecular flexibility index (Phi) is 5.39. The zero-order chi connectivity index (χ0) is 15.1. The topological polar surface area (TPSA) is 55.1 Å². The molecule has 0 heterocycles. The van der Waals surface area contributed by atoms with Crippen molar-refractivity contribution in [2.24, 2.45) is 5.73 Å². The first-order valence-electron chi connectivity index (χ1n) is 6.51. The summed E-state index contributed by atoms with van der Waals surface area (Å²) in [7, 11) is 0. The van der Waals surface area contributed by atoms with Crippen molar-refractivity contribution in [3.63, 3.8) is 0 Å². The van der Waals surface area contributed by atoms with Gasteiger partial charge in [-0.25, -0.2) is 0 Å². The van der Waals surface area contributed by atoms with Gasteiger partial charge in [-0.1, -0.05) is 41.6 Å². The Bertz CT molecular complexity index is 684. The summed E-state index contributed by atoms with van der Waals surface area (Å²) in [5.74, 6) is 5.60. The van der Waals surface area contributed by atoms with E-state index in [1.807, 2.05) is 42.5 Å². The summed E-state index contributed by atoms with van der Waals surface area (Å²) in [6.07, 6.45) is 0.244. The largest absolute Gasteiger partial charge is 0.326 e. The Labute approximate surface area is 129 Å². The van der Waals surface area contributed by atoms with Crippen LogP contribution < -0.4 is 11.1 Å². The number of hydrogen-bond donors (Lipinski definition) is 2. The Morgan fingerprint density at radius 2 is 1.86 bits per heavy atom. The number of benzene rings is 2. The van der Waals surface area contributed by atoms with Crippen LogP contribution >= 0.6 is 11.6 Å². The summed E-state index contributed by atoms with van der Waals surface area (Å²) < 4.78 is 0. The molecule has 0 unspecified atom stereocenters. The minimum absolute atomic E-state index is 0.108. The van der Waals surface area contributed by atoms with Gasteiger partial charge in [0.15, 0.2) is 0 Å². The van der Waals surface area contributed by atoms with E-state index in [0.29, 0.717) is 11.6 Å². The van der Waals surface area contributed by atoms with E-state index >= 15 is 0 Å². The molecule has 0 aromatic heterocycles. The van der Waals surface area contributed by atoms with E-state index in [1.165, 1.54) is 0 Å². The monoisotopic (exact) mass is 298 g/mol. The smallest absolute Gasteiger partial charge is 0.228 e. The number of nitrogens with two attached hydrogens (primary N) is 1. The van der Waals surface area contributed by atoms with Crippen molar-refractivity contribution >= 4 is 23.2 Å². The second kappa shape index (κ2) is 7.49. The molecule has 106 valence electrons. The molecule has 0 fully saturated rings. The van der Waals surface area contributed by atoms with Crippen LogP contribution in [0.2, 0.25) is 5.02 Å². The minimum atomic E-state index is -0.108. The van der Waals surface area contributed by atoms with Crippen molar-refractivity contribution in [3.05, 3.63) is 64.7 Å². The number of carbonyl (C=O) groups excluding carboxylic acids is 1. The molecule has 0 aliphatic carbocycles. The number of nitrogens with one attached hydrogen (secondary N) is 1. The van der Waals surface area contributed by atoms with E-state index in [4.69, 9.17) is 17.3 Å². The van der Waals surface area contributed by atoms with Gasteiger partial charge in [0, 0.05) is 16.3 Å². The molecule has 1 amide bonds. The Balaban J connectivity index is 1.98. The van der Waals surface area contributed by atoms with Crippen LogP contribution in [0.25, 0.3) is 0 Å². The van der Waals surface area contributed by atoms with Crippen molar-refractivity contribution < 1.29 is 4.79 Å². The maximum atomic E-state index is 12.0.